The first kappa shape index (κ1) is 15.7. The fourth-order valence-electron chi connectivity index (χ4n) is 3.27. The number of nitrogens with zero attached hydrogens (tertiary/aromatic N) is 3. The summed E-state index contributed by atoms with van der Waals surface area (Å²) in [6.07, 6.45) is 6.76. The molecule has 5 heteroatoms. The minimum absolute atomic E-state index is 0.0423. The predicted octanol–water partition coefficient (Wildman–Crippen LogP) is 3.35. The summed E-state index contributed by atoms with van der Waals surface area (Å²) in [4.78, 5) is 23.0. The zero-order valence-electron chi connectivity index (χ0n) is 13.8. The summed E-state index contributed by atoms with van der Waals surface area (Å²) in [6, 6.07) is 7.95. The molecule has 1 aliphatic rings. The second-order valence-corrected chi connectivity index (χ2v) is 6.49. The number of amides is 2. The molecule has 122 valence electrons. The van der Waals surface area contributed by atoms with Crippen LogP contribution in [-0.2, 0) is 6.54 Å². The van der Waals surface area contributed by atoms with Gasteiger partial charge in [0.1, 0.15) is 0 Å². The van der Waals surface area contributed by atoms with E-state index in [1.165, 1.54) is 25.7 Å². The molecule has 23 heavy (non-hydrogen) atoms. The summed E-state index contributed by atoms with van der Waals surface area (Å²) < 4.78 is 0. The molecule has 0 spiro atoms. The Kier molecular flexibility index (Phi) is 4.74. The highest BCUT2D eigenvalue weighted by molar-refractivity contribution is 5.75. The SMILES string of the molecule is C[C@H](NC(=O)N(C)Cc1cnc2ccccc2n1)C1CCCC1. The smallest absolute Gasteiger partial charge is 0.317 e. The van der Waals surface area contributed by atoms with Gasteiger partial charge in [-0.05, 0) is 37.8 Å². The van der Waals surface area contributed by atoms with Crippen molar-refractivity contribution >= 4 is 17.1 Å². The highest BCUT2D eigenvalue weighted by Gasteiger charge is 2.23. The number of hydrogen-bond donors (Lipinski definition) is 1. The molecule has 1 N–H and O–H groups in total. The van der Waals surface area contributed by atoms with Crippen LogP contribution >= 0.6 is 0 Å². The zero-order valence-corrected chi connectivity index (χ0v) is 13.8. The first-order valence-electron chi connectivity index (χ1n) is 8.36. The van der Waals surface area contributed by atoms with Crippen molar-refractivity contribution in [2.24, 2.45) is 5.92 Å². The number of rotatable bonds is 4. The van der Waals surface area contributed by atoms with Gasteiger partial charge in [-0.3, -0.25) is 4.98 Å². The number of hydrogen-bond acceptors (Lipinski definition) is 3. The summed E-state index contributed by atoms with van der Waals surface area (Å²) >= 11 is 0. The van der Waals surface area contributed by atoms with Crippen LogP contribution in [0.15, 0.2) is 30.5 Å². The van der Waals surface area contributed by atoms with Gasteiger partial charge < -0.3 is 10.2 Å². The van der Waals surface area contributed by atoms with Crippen molar-refractivity contribution in [1.29, 1.82) is 0 Å². The Balaban J connectivity index is 1.60. The van der Waals surface area contributed by atoms with Crippen LogP contribution in [0.1, 0.15) is 38.3 Å². The third-order valence-electron chi connectivity index (χ3n) is 4.70. The van der Waals surface area contributed by atoms with Crippen LogP contribution in [0.25, 0.3) is 11.0 Å². The van der Waals surface area contributed by atoms with Crippen LogP contribution in [0.3, 0.4) is 0 Å². The quantitative estimate of drug-likeness (QED) is 0.942. The third-order valence-corrected chi connectivity index (χ3v) is 4.70. The Morgan fingerprint density at radius 3 is 2.74 bits per heavy atom. The Morgan fingerprint density at radius 1 is 1.30 bits per heavy atom. The largest absolute Gasteiger partial charge is 0.335 e. The fourth-order valence-corrected chi connectivity index (χ4v) is 3.27. The lowest BCUT2D eigenvalue weighted by molar-refractivity contribution is 0.198. The molecular formula is C18H24N4O. The molecule has 0 bridgehead atoms. The topological polar surface area (TPSA) is 58.1 Å². The normalized spacial score (nSPS) is 16.4. The lowest BCUT2D eigenvalue weighted by Gasteiger charge is -2.24. The number of nitrogens with one attached hydrogen (secondary N) is 1. The third kappa shape index (κ3) is 3.78. The van der Waals surface area contributed by atoms with Gasteiger partial charge in [-0.25, -0.2) is 9.78 Å². The summed E-state index contributed by atoms with van der Waals surface area (Å²) in [5.41, 5.74) is 2.53. The van der Waals surface area contributed by atoms with E-state index in [1.807, 2.05) is 24.3 Å². The van der Waals surface area contributed by atoms with Crippen LogP contribution in [0.2, 0.25) is 0 Å². The van der Waals surface area contributed by atoms with E-state index >= 15 is 0 Å². The minimum atomic E-state index is -0.0423. The monoisotopic (exact) mass is 312 g/mol. The summed E-state index contributed by atoms with van der Waals surface area (Å²) in [5, 5.41) is 3.12. The van der Waals surface area contributed by atoms with Crippen molar-refractivity contribution in [1.82, 2.24) is 20.2 Å². The maximum absolute atomic E-state index is 12.3. The first-order chi connectivity index (χ1) is 11.1. The molecule has 1 atom stereocenters. The van der Waals surface area contributed by atoms with Gasteiger partial charge in [-0.1, -0.05) is 25.0 Å². The molecule has 0 radical (unpaired) electrons. The van der Waals surface area contributed by atoms with Gasteiger partial charge in [0, 0.05) is 13.1 Å². The molecule has 1 fully saturated rings. The second kappa shape index (κ2) is 6.94. The molecule has 0 aliphatic heterocycles. The molecule has 2 aromatic rings. The molecule has 2 amide bonds. The second-order valence-electron chi connectivity index (χ2n) is 6.49. The maximum atomic E-state index is 12.3. The Labute approximate surface area is 137 Å². The van der Waals surface area contributed by atoms with Crippen molar-refractivity contribution in [2.45, 2.75) is 45.2 Å². The highest BCUT2D eigenvalue weighted by Crippen LogP contribution is 2.27. The number of para-hydroxylation sites is 2. The maximum Gasteiger partial charge on any atom is 0.317 e. The van der Waals surface area contributed by atoms with Crippen LogP contribution in [0.5, 0.6) is 0 Å². The van der Waals surface area contributed by atoms with Gasteiger partial charge in [-0.15, -0.1) is 0 Å². The van der Waals surface area contributed by atoms with Gasteiger partial charge in [0.25, 0.3) is 0 Å². The molecular weight excluding hydrogens is 288 g/mol. The van der Waals surface area contributed by atoms with E-state index < -0.39 is 0 Å². The molecule has 3 rings (SSSR count). The summed E-state index contributed by atoms with van der Waals surface area (Å²) in [5.74, 6) is 0.618. The standard InChI is InChI=1S/C18H24N4O/c1-13(14-7-3-4-8-14)20-18(23)22(2)12-15-11-19-16-9-5-6-10-17(16)21-15/h5-6,9-11,13-14H,3-4,7-8,12H2,1-2H3,(H,20,23)/t13-/m0/s1. The van der Waals surface area contributed by atoms with E-state index in [2.05, 4.69) is 22.2 Å². The van der Waals surface area contributed by atoms with E-state index in [0.717, 1.165) is 16.7 Å². The van der Waals surface area contributed by atoms with Crippen molar-refractivity contribution in [2.75, 3.05) is 7.05 Å². The number of carbonyl (C=O) groups is 1. The number of carbonyl (C=O) groups excluding carboxylic acids is 1. The molecule has 1 saturated carbocycles. The van der Waals surface area contributed by atoms with Crippen LogP contribution in [-0.4, -0.2) is 34.0 Å². The Hall–Kier alpha value is -2.17. The summed E-state index contributed by atoms with van der Waals surface area (Å²) in [7, 11) is 1.80. The summed E-state index contributed by atoms with van der Waals surface area (Å²) in [6.45, 7) is 2.57. The van der Waals surface area contributed by atoms with E-state index in [1.54, 1.807) is 18.1 Å². The molecule has 0 saturated heterocycles. The molecule has 1 heterocycles. The van der Waals surface area contributed by atoms with E-state index in [4.69, 9.17) is 0 Å². The number of urea groups is 1. The zero-order chi connectivity index (χ0) is 16.2. The fraction of sp³-hybridized carbons (Fsp3) is 0.500. The van der Waals surface area contributed by atoms with Crippen molar-refractivity contribution in [3.8, 4) is 0 Å². The van der Waals surface area contributed by atoms with Gasteiger partial charge in [-0.2, -0.15) is 0 Å². The highest BCUT2D eigenvalue weighted by atomic mass is 16.2. The first-order valence-corrected chi connectivity index (χ1v) is 8.36. The molecule has 1 aromatic heterocycles. The van der Waals surface area contributed by atoms with Gasteiger partial charge >= 0.3 is 6.03 Å². The average molecular weight is 312 g/mol. The van der Waals surface area contributed by atoms with Crippen LogP contribution in [0.4, 0.5) is 4.79 Å². The van der Waals surface area contributed by atoms with E-state index in [9.17, 15) is 4.79 Å². The minimum Gasteiger partial charge on any atom is -0.335 e. The predicted molar refractivity (Wildman–Crippen MR) is 91.0 cm³/mol. The van der Waals surface area contributed by atoms with Crippen molar-refractivity contribution in [3.63, 3.8) is 0 Å². The van der Waals surface area contributed by atoms with Gasteiger partial charge in [0.15, 0.2) is 0 Å². The molecule has 5 nitrogen and oxygen atoms in total. The van der Waals surface area contributed by atoms with E-state index in [-0.39, 0.29) is 12.1 Å². The number of benzene rings is 1. The van der Waals surface area contributed by atoms with Crippen molar-refractivity contribution < 1.29 is 4.79 Å². The lowest BCUT2D eigenvalue weighted by Crippen LogP contribution is -2.44. The number of fused-ring (bicyclic) bond motifs is 1. The van der Waals surface area contributed by atoms with Gasteiger partial charge in [0.2, 0.25) is 0 Å². The van der Waals surface area contributed by atoms with Crippen LogP contribution in [0, 0.1) is 5.92 Å². The van der Waals surface area contributed by atoms with Crippen LogP contribution < -0.4 is 5.32 Å². The molecule has 1 aromatic carbocycles. The van der Waals surface area contributed by atoms with Crippen molar-refractivity contribution in [3.05, 3.63) is 36.2 Å². The average Bonchev–Trinajstić information content (AvgIpc) is 3.09. The number of aromatic nitrogens is 2. The molecule has 1 aliphatic carbocycles. The van der Waals surface area contributed by atoms with Gasteiger partial charge in [0.05, 0.1) is 29.5 Å². The Morgan fingerprint density at radius 2 is 2.00 bits per heavy atom. The Bertz CT molecular complexity index is 682. The van der Waals surface area contributed by atoms with E-state index in [0.29, 0.717) is 12.5 Å². The molecule has 0 unspecified atom stereocenters. The lowest BCUT2D eigenvalue weighted by atomic mass is 10.0.